The molecule has 0 saturated heterocycles. The number of ketones is 1. The van der Waals surface area contributed by atoms with Gasteiger partial charge in [0.25, 0.3) is 11.8 Å². The van der Waals surface area contributed by atoms with Gasteiger partial charge in [0.15, 0.2) is 5.78 Å². The highest BCUT2D eigenvalue weighted by atomic mass is 19.1. The number of aliphatic hydroxyl groups excluding tert-OH is 1. The van der Waals surface area contributed by atoms with Crippen LogP contribution in [-0.2, 0) is 25.6 Å². The van der Waals surface area contributed by atoms with Gasteiger partial charge in [-0.3, -0.25) is 24.1 Å². The van der Waals surface area contributed by atoms with Crippen molar-refractivity contribution in [2.45, 2.75) is 45.7 Å². The van der Waals surface area contributed by atoms with Crippen molar-refractivity contribution in [2.75, 3.05) is 19.7 Å². The molecule has 0 aliphatic carbocycles. The number of hydrogen-bond donors (Lipinski definition) is 2. The highest BCUT2D eigenvalue weighted by Gasteiger charge is 2.39. The fourth-order valence-electron chi connectivity index (χ4n) is 5.20. The summed E-state index contributed by atoms with van der Waals surface area (Å²) in [7, 11) is 0. The molecule has 12 heteroatoms. The average Bonchev–Trinajstić information content (AvgIpc) is 3.53. The first kappa shape index (κ1) is 32.4. The number of benzene rings is 2. The van der Waals surface area contributed by atoms with E-state index in [0.717, 1.165) is 40.8 Å². The van der Waals surface area contributed by atoms with E-state index in [1.165, 1.54) is 9.58 Å². The first-order valence-electron chi connectivity index (χ1n) is 14.1. The molecule has 0 saturated carbocycles. The zero-order chi connectivity index (χ0) is 32.2. The molecule has 0 radical (unpaired) electrons. The Morgan fingerprint density at radius 1 is 1.05 bits per heavy atom. The predicted molar refractivity (Wildman–Crippen MR) is 157 cm³/mol. The average molecular weight is 608 g/mol. The minimum atomic E-state index is -1.13. The number of imide groups is 1. The number of rotatable bonds is 12. The first-order chi connectivity index (χ1) is 20.8. The van der Waals surface area contributed by atoms with E-state index in [9.17, 15) is 33.1 Å². The van der Waals surface area contributed by atoms with Crippen LogP contribution in [-0.4, -0.2) is 73.9 Å². The summed E-state index contributed by atoms with van der Waals surface area (Å²) in [5, 5.41) is 14.6. The van der Waals surface area contributed by atoms with Crippen LogP contribution in [0.1, 0.15) is 50.1 Å². The number of nitrogens with zero attached hydrogens (tertiary/aromatic N) is 4. The normalized spacial score (nSPS) is 14.7. The molecule has 2 atom stereocenters. The van der Waals surface area contributed by atoms with Crippen molar-refractivity contribution < 1.29 is 33.1 Å². The van der Waals surface area contributed by atoms with Crippen LogP contribution in [0.5, 0.6) is 0 Å². The third kappa shape index (κ3) is 7.32. The van der Waals surface area contributed by atoms with Crippen molar-refractivity contribution in [3.05, 3.63) is 95.3 Å². The van der Waals surface area contributed by atoms with Gasteiger partial charge < -0.3 is 15.7 Å². The standard InChI is InChI=1S/C32H35F2N5O5/c1-32(2,3)31(37(29(44)19-40)14-13-24(35)26(41)18-38-27(42)11-12-28(38)43)30-21(15-20-7-5-4-6-8-20)17-39(36-30)25-16-22(33)9-10-23(25)34/h4-12,16-17,24,31,40H,13-15,18-19,35H2,1-3H3/t24-,31-/m0/s1. The van der Waals surface area contributed by atoms with Gasteiger partial charge in [0.05, 0.1) is 24.3 Å². The van der Waals surface area contributed by atoms with Crippen LogP contribution in [0.4, 0.5) is 8.78 Å². The number of carbonyl (C=O) groups is 4. The Balaban J connectivity index is 1.71. The van der Waals surface area contributed by atoms with Crippen molar-refractivity contribution in [3.8, 4) is 5.69 Å². The molecule has 232 valence electrons. The number of carbonyl (C=O) groups excluding carboxylic acids is 4. The molecule has 0 unspecified atom stereocenters. The van der Waals surface area contributed by atoms with Crippen LogP contribution >= 0.6 is 0 Å². The molecule has 1 aromatic heterocycles. The van der Waals surface area contributed by atoms with E-state index in [1.54, 1.807) is 6.20 Å². The second kappa shape index (κ2) is 13.4. The van der Waals surface area contributed by atoms with E-state index in [0.29, 0.717) is 17.7 Å². The molecular weight excluding hydrogens is 572 g/mol. The van der Waals surface area contributed by atoms with Gasteiger partial charge in [0.2, 0.25) is 5.91 Å². The van der Waals surface area contributed by atoms with Crippen molar-refractivity contribution in [1.29, 1.82) is 0 Å². The van der Waals surface area contributed by atoms with Gasteiger partial charge in [0.1, 0.15) is 23.9 Å². The van der Waals surface area contributed by atoms with Gasteiger partial charge in [-0.1, -0.05) is 51.1 Å². The Labute approximate surface area is 253 Å². The molecule has 0 bridgehead atoms. The van der Waals surface area contributed by atoms with Gasteiger partial charge in [-0.05, 0) is 29.5 Å². The maximum Gasteiger partial charge on any atom is 0.254 e. The molecule has 1 aliphatic rings. The summed E-state index contributed by atoms with van der Waals surface area (Å²) in [6.45, 7) is 4.17. The van der Waals surface area contributed by atoms with E-state index in [1.807, 2.05) is 51.1 Å². The minimum absolute atomic E-state index is 0.0476. The summed E-state index contributed by atoms with van der Waals surface area (Å²) in [6.07, 6.45) is 4.03. The molecule has 0 spiro atoms. The number of aromatic nitrogens is 2. The number of nitrogens with two attached hydrogens (primary N) is 1. The van der Waals surface area contributed by atoms with E-state index in [-0.39, 0.29) is 18.7 Å². The molecule has 3 amide bonds. The second-order valence-corrected chi connectivity index (χ2v) is 11.7. The zero-order valence-electron chi connectivity index (χ0n) is 24.7. The molecule has 2 heterocycles. The number of hydrogen-bond acceptors (Lipinski definition) is 7. The highest BCUT2D eigenvalue weighted by molar-refractivity contribution is 6.14. The largest absolute Gasteiger partial charge is 0.387 e. The molecule has 3 aromatic rings. The molecular formula is C32H35F2N5O5. The van der Waals surface area contributed by atoms with Crippen molar-refractivity contribution in [2.24, 2.45) is 11.1 Å². The van der Waals surface area contributed by atoms with Crippen LogP contribution in [0.3, 0.4) is 0 Å². The third-order valence-corrected chi connectivity index (χ3v) is 7.37. The van der Waals surface area contributed by atoms with Gasteiger partial charge in [-0.15, -0.1) is 0 Å². The van der Waals surface area contributed by atoms with Crippen molar-refractivity contribution in [1.82, 2.24) is 19.6 Å². The molecule has 10 nitrogen and oxygen atoms in total. The summed E-state index contributed by atoms with van der Waals surface area (Å²) < 4.78 is 30.2. The number of amides is 3. The van der Waals surface area contributed by atoms with Gasteiger partial charge in [0, 0.05) is 42.9 Å². The maximum atomic E-state index is 14.9. The molecule has 2 aromatic carbocycles. The third-order valence-electron chi connectivity index (χ3n) is 7.37. The Morgan fingerprint density at radius 3 is 2.32 bits per heavy atom. The summed E-state index contributed by atoms with van der Waals surface area (Å²) >= 11 is 0. The molecule has 44 heavy (non-hydrogen) atoms. The maximum absolute atomic E-state index is 14.9. The second-order valence-electron chi connectivity index (χ2n) is 11.7. The van der Waals surface area contributed by atoms with Crippen molar-refractivity contribution in [3.63, 3.8) is 0 Å². The predicted octanol–water partition coefficient (Wildman–Crippen LogP) is 2.86. The Hall–Kier alpha value is -4.55. The monoisotopic (exact) mass is 607 g/mol. The van der Waals surface area contributed by atoms with Gasteiger partial charge in [-0.25, -0.2) is 13.5 Å². The van der Waals surface area contributed by atoms with E-state index in [4.69, 9.17) is 5.73 Å². The van der Waals surface area contributed by atoms with Crippen LogP contribution in [0.25, 0.3) is 5.69 Å². The molecule has 3 N–H and O–H groups in total. The van der Waals surface area contributed by atoms with Crippen LogP contribution < -0.4 is 5.73 Å². The number of halogens is 2. The van der Waals surface area contributed by atoms with Gasteiger partial charge in [-0.2, -0.15) is 5.10 Å². The lowest BCUT2D eigenvalue weighted by molar-refractivity contribution is -0.141. The fraction of sp³-hybridized carbons (Fsp3) is 0.344. The van der Waals surface area contributed by atoms with Crippen LogP contribution in [0, 0.1) is 17.0 Å². The number of aliphatic hydroxyl groups is 1. The van der Waals surface area contributed by atoms with Gasteiger partial charge >= 0.3 is 0 Å². The minimum Gasteiger partial charge on any atom is -0.387 e. The lowest BCUT2D eigenvalue weighted by Crippen LogP contribution is -2.47. The topological polar surface area (TPSA) is 139 Å². The SMILES string of the molecule is CC(C)(C)[C@H](c1nn(-c2cc(F)ccc2F)cc1Cc1ccccc1)N(CC[C@H](N)C(=O)CN1C(=O)C=CC1=O)C(=O)CO. The van der Waals surface area contributed by atoms with Crippen LogP contribution in [0.2, 0.25) is 0 Å². The number of Topliss-reactive ketones (excluding diaryl/α,β-unsaturated/α-hetero) is 1. The Kier molecular flexibility index (Phi) is 9.85. The summed E-state index contributed by atoms with van der Waals surface area (Å²) in [6, 6.07) is 10.5. The summed E-state index contributed by atoms with van der Waals surface area (Å²) in [5.74, 6) is -3.81. The quantitative estimate of drug-likeness (QED) is 0.302. The van der Waals surface area contributed by atoms with E-state index < -0.39 is 65.8 Å². The van der Waals surface area contributed by atoms with Crippen LogP contribution in [0.15, 0.2) is 66.9 Å². The van der Waals surface area contributed by atoms with E-state index >= 15 is 0 Å². The first-order valence-corrected chi connectivity index (χ1v) is 14.1. The Bertz CT molecular complexity index is 1560. The lowest BCUT2D eigenvalue weighted by atomic mass is 9.81. The molecule has 4 rings (SSSR count). The summed E-state index contributed by atoms with van der Waals surface area (Å²) in [4.78, 5) is 52.0. The van der Waals surface area contributed by atoms with E-state index in [2.05, 4.69) is 5.10 Å². The van der Waals surface area contributed by atoms with Crippen molar-refractivity contribution >= 4 is 23.5 Å². The lowest BCUT2D eigenvalue weighted by Gasteiger charge is -2.40. The summed E-state index contributed by atoms with van der Waals surface area (Å²) in [5.41, 5.74) is 7.27. The molecule has 0 fully saturated rings. The molecule has 1 aliphatic heterocycles. The fourth-order valence-corrected chi connectivity index (χ4v) is 5.20. The zero-order valence-corrected chi connectivity index (χ0v) is 24.7. The smallest absolute Gasteiger partial charge is 0.254 e. The highest BCUT2D eigenvalue weighted by Crippen LogP contribution is 2.40. The Morgan fingerprint density at radius 2 is 1.70 bits per heavy atom.